The van der Waals surface area contributed by atoms with Crippen LogP contribution in [0.2, 0.25) is 0 Å². The zero-order valence-electron chi connectivity index (χ0n) is 10.5. The summed E-state index contributed by atoms with van der Waals surface area (Å²) in [5.41, 5.74) is 7.89. The summed E-state index contributed by atoms with van der Waals surface area (Å²) in [6.07, 6.45) is 4.11. The Kier molecular flexibility index (Phi) is 3.59. The van der Waals surface area contributed by atoms with Crippen LogP contribution in [0.4, 0.5) is 5.69 Å². The molecule has 0 radical (unpaired) electrons. The van der Waals surface area contributed by atoms with Crippen molar-refractivity contribution in [3.05, 3.63) is 28.2 Å². The molecule has 1 heterocycles. The second-order valence-corrected chi connectivity index (χ2v) is 6.30. The largest absolute Gasteiger partial charge is 0.398 e. The smallest absolute Gasteiger partial charge is 0.0458 e. The highest BCUT2D eigenvalue weighted by molar-refractivity contribution is 9.10. The van der Waals surface area contributed by atoms with Crippen LogP contribution in [0, 0.1) is 0 Å². The molecule has 2 aliphatic rings. The first-order chi connectivity index (χ1) is 8.72. The third-order valence-corrected chi connectivity index (χ3v) is 4.63. The number of likely N-dealkylation sites (tertiary alicyclic amines) is 1. The molecule has 2 fully saturated rings. The van der Waals surface area contributed by atoms with E-state index in [0.717, 1.165) is 22.7 Å². The molecular formula is C14H20BrN3. The number of benzene rings is 1. The second kappa shape index (κ2) is 5.19. The molecule has 0 spiro atoms. The highest BCUT2D eigenvalue weighted by atomic mass is 79.9. The fraction of sp³-hybridized carbons (Fsp3) is 0.571. The number of rotatable bonds is 4. The summed E-state index contributed by atoms with van der Waals surface area (Å²) >= 11 is 3.48. The fourth-order valence-electron chi connectivity index (χ4n) is 2.67. The maximum atomic E-state index is 5.79. The van der Waals surface area contributed by atoms with Crippen LogP contribution in [0.25, 0.3) is 0 Å². The number of nitrogen functional groups attached to an aromatic ring is 1. The minimum absolute atomic E-state index is 0.655. The lowest BCUT2D eigenvalue weighted by atomic mass is 10.2. The van der Waals surface area contributed by atoms with Crippen LogP contribution in [-0.4, -0.2) is 30.1 Å². The van der Waals surface area contributed by atoms with Crippen LogP contribution in [0.5, 0.6) is 0 Å². The molecule has 1 aliphatic carbocycles. The molecule has 0 aromatic heterocycles. The van der Waals surface area contributed by atoms with Crippen molar-refractivity contribution >= 4 is 21.6 Å². The maximum Gasteiger partial charge on any atom is 0.0458 e. The lowest BCUT2D eigenvalue weighted by Crippen LogP contribution is -2.32. The van der Waals surface area contributed by atoms with Crippen molar-refractivity contribution in [3.8, 4) is 0 Å². The van der Waals surface area contributed by atoms with Crippen LogP contribution in [0.1, 0.15) is 24.8 Å². The van der Waals surface area contributed by atoms with Gasteiger partial charge in [-0.15, -0.1) is 0 Å². The molecule has 0 amide bonds. The SMILES string of the molecule is Nc1ccc(CNC2CCN(C3CC3)C2)cc1Br. The van der Waals surface area contributed by atoms with E-state index < -0.39 is 0 Å². The second-order valence-electron chi connectivity index (χ2n) is 5.45. The fourth-order valence-corrected chi connectivity index (χ4v) is 3.09. The van der Waals surface area contributed by atoms with Gasteiger partial charge in [-0.25, -0.2) is 0 Å². The number of hydrogen-bond donors (Lipinski definition) is 2. The molecule has 0 bridgehead atoms. The molecule has 1 aromatic rings. The Balaban J connectivity index is 1.50. The standard InChI is InChI=1S/C14H20BrN3/c15-13-7-10(1-4-14(13)16)8-17-11-5-6-18(9-11)12-2-3-12/h1,4,7,11-12,17H,2-3,5-6,8-9,16H2. The Morgan fingerprint density at radius 2 is 2.17 bits per heavy atom. The normalized spacial score (nSPS) is 24.6. The number of halogens is 1. The van der Waals surface area contributed by atoms with Crippen LogP contribution < -0.4 is 11.1 Å². The highest BCUT2D eigenvalue weighted by Gasteiger charge is 2.33. The van der Waals surface area contributed by atoms with E-state index in [2.05, 4.69) is 38.3 Å². The number of nitrogens with two attached hydrogens (primary N) is 1. The summed E-state index contributed by atoms with van der Waals surface area (Å²) in [7, 11) is 0. The topological polar surface area (TPSA) is 41.3 Å². The molecule has 3 rings (SSSR count). The summed E-state index contributed by atoms with van der Waals surface area (Å²) < 4.78 is 0.993. The third kappa shape index (κ3) is 2.87. The van der Waals surface area contributed by atoms with Gasteiger partial charge < -0.3 is 11.1 Å². The van der Waals surface area contributed by atoms with E-state index >= 15 is 0 Å². The van der Waals surface area contributed by atoms with Crippen LogP contribution in [0.15, 0.2) is 22.7 Å². The van der Waals surface area contributed by atoms with Crippen molar-refractivity contribution in [2.24, 2.45) is 0 Å². The molecule has 18 heavy (non-hydrogen) atoms. The summed E-state index contributed by atoms with van der Waals surface area (Å²) in [6.45, 7) is 3.43. The molecule has 3 N–H and O–H groups in total. The zero-order valence-corrected chi connectivity index (χ0v) is 12.1. The van der Waals surface area contributed by atoms with Crippen molar-refractivity contribution in [3.63, 3.8) is 0 Å². The Morgan fingerprint density at radius 1 is 1.33 bits per heavy atom. The van der Waals surface area contributed by atoms with E-state index in [9.17, 15) is 0 Å². The van der Waals surface area contributed by atoms with Crippen molar-refractivity contribution in [1.82, 2.24) is 10.2 Å². The number of nitrogens with one attached hydrogen (secondary N) is 1. The molecule has 3 nitrogen and oxygen atoms in total. The summed E-state index contributed by atoms with van der Waals surface area (Å²) in [5, 5.41) is 3.65. The van der Waals surface area contributed by atoms with Crippen LogP contribution >= 0.6 is 15.9 Å². The van der Waals surface area contributed by atoms with Gasteiger partial charge in [0.05, 0.1) is 0 Å². The van der Waals surface area contributed by atoms with Crippen LogP contribution in [-0.2, 0) is 6.54 Å². The lowest BCUT2D eigenvalue weighted by molar-refractivity contribution is 0.317. The Bertz CT molecular complexity index is 431. The van der Waals surface area contributed by atoms with Gasteiger partial charge in [0, 0.05) is 41.9 Å². The summed E-state index contributed by atoms with van der Waals surface area (Å²) in [5.74, 6) is 0. The van der Waals surface area contributed by atoms with E-state index in [1.165, 1.54) is 37.9 Å². The van der Waals surface area contributed by atoms with Crippen LogP contribution in [0.3, 0.4) is 0 Å². The quantitative estimate of drug-likeness (QED) is 0.839. The zero-order chi connectivity index (χ0) is 12.5. The van der Waals surface area contributed by atoms with Gasteiger partial charge in [0.1, 0.15) is 0 Å². The molecule has 1 unspecified atom stereocenters. The third-order valence-electron chi connectivity index (χ3n) is 3.94. The molecular weight excluding hydrogens is 290 g/mol. The molecule has 1 saturated carbocycles. The molecule has 1 atom stereocenters. The molecule has 1 saturated heterocycles. The van der Waals surface area contributed by atoms with Gasteiger partial charge in [-0.1, -0.05) is 6.07 Å². The summed E-state index contributed by atoms with van der Waals surface area (Å²) in [4.78, 5) is 2.64. The van der Waals surface area contributed by atoms with Crippen molar-refractivity contribution in [2.45, 2.75) is 37.9 Å². The van der Waals surface area contributed by atoms with Gasteiger partial charge in [0.2, 0.25) is 0 Å². The van der Waals surface area contributed by atoms with E-state index in [4.69, 9.17) is 5.73 Å². The minimum atomic E-state index is 0.655. The Morgan fingerprint density at radius 3 is 2.89 bits per heavy atom. The average molecular weight is 310 g/mol. The van der Waals surface area contributed by atoms with Gasteiger partial charge in [-0.2, -0.15) is 0 Å². The van der Waals surface area contributed by atoms with Gasteiger partial charge in [-0.05, 0) is 52.9 Å². The lowest BCUT2D eigenvalue weighted by Gasteiger charge is -2.16. The predicted octanol–water partition coefficient (Wildman–Crippen LogP) is 2.36. The monoisotopic (exact) mass is 309 g/mol. The van der Waals surface area contributed by atoms with E-state index in [0.29, 0.717) is 6.04 Å². The van der Waals surface area contributed by atoms with Crippen molar-refractivity contribution in [1.29, 1.82) is 0 Å². The van der Waals surface area contributed by atoms with Gasteiger partial charge >= 0.3 is 0 Å². The molecule has 1 aromatic carbocycles. The summed E-state index contributed by atoms with van der Waals surface area (Å²) in [6, 6.07) is 7.73. The Hall–Kier alpha value is -0.580. The number of hydrogen-bond acceptors (Lipinski definition) is 3. The van der Waals surface area contributed by atoms with Crippen molar-refractivity contribution < 1.29 is 0 Å². The first-order valence-corrected chi connectivity index (χ1v) is 7.53. The maximum absolute atomic E-state index is 5.79. The van der Waals surface area contributed by atoms with Gasteiger partial charge in [-0.3, -0.25) is 4.90 Å². The van der Waals surface area contributed by atoms with Gasteiger partial charge in [0.15, 0.2) is 0 Å². The average Bonchev–Trinajstić information content (AvgIpc) is 3.11. The number of nitrogens with zero attached hydrogens (tertiary/aromatic N) is 1. The van der Waals surface area contributed by atoms with Gasteiger partial charge in [0.25, 0.3) is 0 Å². The van der Waals surface area contributed by atoms with E-state index in [-0.39, 0.29) is 0 Å². The predicted molar refractivity (Wildman–Crippen MR) is 78.4 cm³/mol. The first kappa shape index (κ1) is 12.5. The Labute approximate surface area is 117 Å². The first-order valence-electron chi connectivity index (χ1n) is 6.74. The highest BCUT2D eigenvalue weighted by Crippen LogP contribution is 2.29. The molecule has 1 aliphatic heterocycles. The van der Waals surface area contributed by atoms with E-state index in [1.54, 1.807) is 0 Å². The minimum Gasteiger partial charge on any atom is -0.398 e. The molecule has 98 valence electrons. The van der Waals surface area contributed by atoms with E-state index in [1.807, 2.05) is 6.07 Å². The molecule has 4 heteroatoms. The number of anilines is 1. The van der Waals surface area contributed by atoms with Crippen molar-refractivity contribution in [2.75, 3.05) is 18.8 Å².